The summed E-state index contributed by atoms with van der Waals surface area (Å²) in [5, 5.41) is 13.6. The second kappa shape index (κ2) is 6.63. The van der Waals surface area contributed by atoms with Gasteiger partial charge < -0.3 is 10.6 Å². The highest BCUT2D eigenvalue weighted by Gasteiger charge is 2.15. The molecule has 2 rings (SSSR count). The first-order valence-corrected chi connectivity index (χ1v) is 6.18. The van der Waals surface area contributed by atoms with E-state index in [4.69, 9.17) is 5.26 Å². The van der Waals surface area contributed by atoms with Crippen LogP contribution in [-0.2, 0) is 4.79 Å². The van der Waals surface area contributed by atoms with Gasteiger partial charge in [0.15, 0.2) is 17.5 Å². The third-order valence-corrected chi connectivity index (χ3v) is 2.75. The molecule has 112 valence electrons. The number of carbonyl (C=O) groups excluding carboxylic acids is 1. The summed E-state index contributed by atoms with van der Waals surface area (Å²) in [6.07, 6.45) is 0. The Kier molecular flexibility index (Phi) is 4.63. The van der Waals surface area contributed by atoms with E-state index < -0.39 is 29.0 Å². The Morgan fingerprint density at radius 3 is 2.64 bits per heavy atom. The van der Waals surface area contributed by atoms with Crippen LogP contribution in [0.5, 0.6) is 0 Å². The quantitative estimate of drug-likeness (QED) is 0.853. The molecule has 0 aliphatic heterocycles. The molecule has 0 unspecified atom stereocenters. The molecule has 22 heavy (non-hydrogen) atoms. The molecule has 0 bridgehead atoms. The molecule has 0 radical (unpaired) electrons. The van der Waals surface area contributed by atoms with Crippen LogP contribution in [0.1, 0.15) is 5.56 Å². The highest BCUT2D eigenvalue weighted by atomic mass is 19.2. The van der Waals surface area contributed by atoms with Crippen LogP contribution in [0, 0.1) is 28.8 Å². The molecule has 0 fully saturated rings. The van der Waals surface area contributed by atoms with Crippen molar-refractivity contribution in [2.24, 2.45) is 0 Å². The summed E-state index contributed by atoms with van der Waals surface area (Å²) in [6, 6.07) is 10.0. The third-order valence-electron chi connectivity index (χ3n) is 2.75. The molecule has 0 heterocycles. The molecule has 4 nitrogen and oxygen atoms in total. The van der Waals surface area contributed by atoms with Gasteiger partial charge in [-0.3, -0.25) is 4.79 Å². The molecular formula is C15H10F3N3O. The zero-order valence-electron chi connectivity index (χ0n) is 11.2. The van der Waals surface area contributed by atoms with Crippen molar-refractivity contribution in [2.75, 3.05) is 17.2 Å². The van der Waals surface area contributed by atoms with Crippen molar-refractivity contribution < 1.29 is 18.0 Å². The fraction of sp³-hybridized carbons (Fsp3) is 0.0667. The van der Waals surface area contributed by atoms with Crippen molar-refractivity contribution in [2.45, 2.75) is 0 Å². The molecule has 2 N–H and O–H groups in total. The second-order valence-electron chi connectivity index (χ2n) is 4.32. The predicted molar refractivity (Wildman–Crippen MR) is 74.6 cm³/mol. The zero-order chi connectivity index (χ0) is 16.1. The molecule has 0 saturated carbocycles. The van der Waals surface area contributed by atoms with Crippen LogP contribution in [0.3, 0.4) is 0 Å². The first-order chi connectivity index (χ1) is 10.5. The summed E-state index contributed by atoms with van der Waals surface area (Å²) in [7, 11) is 0. The SMILES string of the molecule is N#Cc1cccc(NCC(=O)Nc2ccc(F)c(F)c2F)c1. The van der Waals surface area contributed by atoms with E-state index in [0.29, 0.717) is 11.3 Å². The summed E-state index contributed by atoms with van der Waals surface area (Å²) in [5.74, 6) is -5.08. The molecule has 0 spiro atoms. The number of nitrogens with one attached hydrogen (secondary N) is 2. The zero-order valence-corrected chi connectivity index (χ0v) is 11.2. The molecule has 0 aliphatic carbocycles. The number of halogens is 3. The van der Waals surface area contributed by atoms with Gasteiger partial charge in [-0.25, -0.2) is 13.2 Å². The Balaban J connectivity index is 1.99. The first kappa shape index (κ1) is 15.4. The van der Waals surface area contributed by atoms with Crippen LogP contribution in [0.25, 0.3) is 0 Å². The normalized spacial score (nSPS) is 9.91. The molecule has 0 aromatic heterocycles. The van der Waals surface area contributed by atoms with Crippen molar-refractivity contribution in [3.63, 3.8) is 0 Å². The van der Waals surface area contributed by atoms with Crippen LogP contribution in [0.2, 0.25) is 0 Å². The number of amides is 1. The van der Waals surface area contributed by atoms with Gasteiger partial charge in [0.25, 0.3) is 0 Å². The number of benzene rings is 2. The van der Waals surface area contributed by atoms with E-state index in [2.05, 4.69) is 10.6 Å². The summed E-state index contributed by atoms with van der Waals surface area (Å²) >= 11 is 0. The van der Waals surface area contributed by atoms with Crippen molar-refractivity contribution in [3.8, 4) is 6.07 Å². The summed E-state index contributed by atoms with van der Waals surface area (Å²) in [6.45, 7) is -0.229. The average molecular weight is 305 g/mol. The lowest BCUT2D eigenvalue weighted by molar-refractivity contribution is -0.114. The fourth-order valence-electron chi connectivity index (χ4n) is 1.70. The van der Waals surface area contributed by atoms with Crippen LogP contribution < -0.4 is 10.6 Å². The van der Waals surface area contributed by atoms with Gasteiger partial charge in [-0.1, -0.05) is 6.07 Å². The van der Waals surface area contributed by atoms with E-state index >= 15 is 0 Å². The first-order valence-electron chi connectivity index (χ1n) is 6.18. The number of anilines is 2. The van der Waals surface area contributed by atoms with Gasteiger partial charge in [-0.05, 0) is 30.3 Å². The van der Waals surface area contributed by atoms with Crippen molar-refractivity contribution in [3.05, 3.63) is 59.4 Å². The average Bonchev–Trinajstić information content (AvgIpc) is 2.54. The van der Waals surface area contributed by atoms with E-state index in [1.165, 1.54) is 6.07 Å². The maximum absolute atomic E-state index is 13.4. The Morgan fingerprint density at radius 1 is 1.14 bits per heavy atom. The van der Waals surface area contributed by atoms with Gasteiger partial charge >= 0.3 is 0 Å². The van der Waals surface area contributed by atoms with E-state index in [1.807, 2.05) is 6.07 Å². The number of rotatable bonds is 4. The van der Waals surface area contributed by atoms with Crippen LogP contribution >= 0.6 is 0 Å². The van der Waals surface area contributed by atoms with Crippen LogP contribution in [0.15, 0.2) is 36.4 Å². The van der Waals surface area contributed by atoms with Gasteiger partial charge in [-0.2, -0.15) is 5.26 Å². The van der Waals surface area contributed by atoms with Gasteiger partial charge in [-0.15, -0.1) is 0 Å². The van der Waals surface area contributed by atoms with Crippen molar-refractivity contribution in [1.29, 1.82) is 5.26 Å². The number of nitrogens with zero attached hydrogens (tertiary/aromatic N) is 1. The molecule has 7 heteroatoms. The number of nitriles is 1. The number of hydrogen-bond donors (Lipinski definition) is 2. The summed E-state index contributed by atoms with van der Waals surface area (Å²) < 4.78 is 39.2. The van der Waals surface area contributed by atoms with Gasteiger partial charge in [0.05, 0.1) is 23.9 Å². The van der Waals surface area contributed by atoms with Crippen LogP contribution in [-0.4, -0.2) is 12.5 Å². The Bertz CT molecular complexity index is 756. The maximum Gasteiger partial charge on any atom is 0.243 e. The maximum atomic E-state index is 13.4. The Hall–Kier alpha value is -3.01. The van der Waals surface area contributed by atoms with Gasteiger partial charge in [0, 0.05) is 5.69 Å². The molecule has 1 amide bonds. The van der Waals surface area contributed by atoms with Gasteiger partial charge in [0.1, 0.15) is 0 Å². The van der Waals surface area contributed by atoms with E-state index in [-0.39, 0.29) is 6.54 Å². The Morgan fingerprint density at radius 2 is 1.91 bits per heavy atom. The molecule has 2 aromatic rings. The van der Waals surface area contributed by atoms with E-state index in [9.17, 15) is 18.0 Å². The molecular weight excluding hydrogens is 295 g/mol. The lowest BCUT2D eigenvalue weighted by Crippen LogP contribution is -2.22. The van der Waals surface area contributed by atoms with Crippen molar-refractivity contribution >= 4 is 17.3 Å². The predicted octanol–water partition coefficient (Wildman–Crippen LogP) is 3.03. The minimum atomic E-state index is -1.65. The molecule has 0 aliphatic rings. The van der Waals surface area contributed by atoms with Gasteiger partial charge in [0.2, 0.25) is 5.91 Å². The second-order valence-corrected chi connectivity index (χ2v) is 4.32. The topological polar surface area (TPSA) is 64.9 Å². The monoisotopic (exact) mass is 305 g/mol. The summed E-state index contributed by atoms with van der Waals surface area (Å²) in [4.78, 5) is 11.7. The third kappa shape index (κ3) is 3.55. The molecule has 2 aromatic carbocycles. The van der Waals surface area contributed by atoms with Crippen molar-refractivity contribution in [1.82, 2.24) is 0 Å². The Labute approximate surface area is 124 Å². The minimum absolute atomic E-state index is 0.229. The summed E-state index contributed by atoms with van der Waals surface area (Å²) in [5.41, 5.74) is 0.494. The largest absolute Gasteiger partial charge is 0.376 e. The molecule has 0 atom stereocenters. The van der Waals surface area contributed by atoms with E-state index in [1.54, 1.807) is 18.2 Å². The standard InChI is InChI=1S/C15H10F3N3O/c16-11-4-5-12(15(18)14(11)17)21-13(22)8-20-10-3-1-2-9(6-10)7-19/h1-6,20H,8H2,(H,21,22). The fourth-order valence-corrected chi connectivity index (χ4v) is 1.70. The highest BCUT2D eigenvalue weighted by Crippen LogP contribution is 2.19. The molecule has 0 saturated heterocycles. The number of hydrogen-bond acceptors (Lipinski definition) is 3. The lowest BCUT2D eigenvalue weighted by atomic mass is 10.2. The minimum Gasteiger partial charge on any atom is -0.376 e. The van der Waals surface area contributed by atoms with Crippen LogP contribution in [0.4, 0.5) is 24.5 Å². The highest BCUT2D eigenvalue weighted by molar-refractivity contribution is 5.93. The number of carbonyl (C=O) groups is 1. The smallest absolute Gasteiger partial charge is 0.243 e. The lowest BCUT2D eigenvalue weighted by Gasteiger charge is -2.09. The van der Waals surface area contributed by atoms with E-state index in [0.717, 1.165) is 12.1 Å².